The van der Waals surface area contributed by atoms with Gasteiger partial charge in [-0.3, -0.25) is 4.79 Å². The van der Waals surface area contributed by atoms with Crippen molar-refractivity contribution in [2.45, 2.75) is 5.03 Å². The van der Waals surface area contributed by atoms with E-state index in [1.54, 1.807) is 0 Å². The molecule has 3 rings (SSSR count). The van der Waals surface area contributed by atoms with Crippen molar-refractivity contribution >= 4 is 28.6 Å². The van der Waals surface area contributed by atoms with Crippen LogP contribution < -0.4 is 0 Å². The summed E-state index contributed by atoms with van der Waals surface area (Å²) in [6.45, 7) is 2.68. The lowest BCUT2D eigenvalue weighted by Crippen LogP contribution is -2.41. The summed E-state index contributed by atoms with van der Waals surface area (Å²) in [7, 11) is 0. The molecule has 0 radical (unpaired) electrons. The number of pyridine rings is 1. The van der Waals surface area contributed by atoms with Crippen molar-refractivity contribution in [3.05, 3.63) is 36.4 Å². The summed E-state index contributed by atoms with van der Waals surface area (Å²) < 4.78 is 5.25. The summed E-state index contributed by atoms with van der Waals surface area (Å²) in [4.78, 5) is 18.5. The van der Waals surface area contributed by atoms with Crippen molar-refractivity contribution in [1.29, 1.82) is 0 Å². The smallest absolute Gasteiger partial charge is 0.233 e. The van der Waals surface area contributed by atoms with Crippen LogP contribution in [-0.4, -0.2) is 47.8 Å². The van der Waals surface area contributed by atoms with Gasteiger partial charge in [0, 0.05) is 18.5 Å². The summed E-state index contributed by atoms with van der Waals surface area (Å²) in [6, 6.07) is 12.0. The number of rotatable bonds is 3. The summed E-state index contributed by atoms with van der Waals surface area (Å²) in [5.41, 5.74) is 0.969. The Kier molecular flexibility index (Phi) is 4.18. The molecule has 2 heterocycles. The van der Waals surface area contributed by atoms with Crippen LogP contribution in [0.3, 0.4) is 0 Å². The molecule has 104 valence electrons. The van der Waals surface area contributed by atoms with Gasteiger partial charge < -0.3 is 9.64 Å². The molecule has 1 amide bonds. The van der Waals surface area contributed by atoms with Gasteiger partial charge in [-0.05, 0) is 12.1 Å². The first-order chi connectivity index (χ1) is 9.83. The Bertz CT molecular complexity index is 612. The Hall–Kier alpha value is -1.59. The number of carbonyl (C=O) groups excluding carboxylic acids is 1. The van der Waals surface area contributed by atoms with E-state index in [1.807, 2.05) is 41.3 Å². The van der Waals surface area contributed by atoms with Gasteiger partial charge in [0.15, 0.2) is 0 Å². The molecule has 2 aromatic rings. The first-order valence-electron chi connectivity index (χ1n) is 6.67. The number of carbonyl (C=O) groups is 1. The van der Waals surface area contributed by atoms with Gasteiger partial charge in [-0.1, -0.05) is 36.0 Å². The molecule has 1 aliphatic rings. The second-order valence-electron chi connectivity index (χ2n) is 4.62. The molecule has 1 aromatic carbocycles. The van der Waals surface area contributed by atoms with Gasteiger partial charge in [0.25, 0.3) is 0 Å². The summed E-state index contributed by atoms with van der Waals surface area (Å²) in [5, 5.41) is 2.02. The Morgan fingerprint density at radius 2 is 2.00 bits per heavy atom. The van der Waals surface area contributed by atoms with Crippen LogP contribution in [0.1, 0.15) is 0 Å². The zero-order valence-corrected chi connectivity index (χ0v) is 11.9. The third kappa shape index (κ3) is 3.11. The van der Waals surface area contributed by atoms with Crippen LogP contribution in [-0.2, 0) is 9.53 Å². The molecule has 4 nitrogen and oxygen atoms in total. The van der Waals surface area contributed by atoms with E-state index in [0.717, 1.165) is 15.9 Å². The van der Waals surface area contributed by atoms with Crippen molar-refractivity contribution in [3.8, 4) is 0 Å². The number of benzene rings is 1. The molecule has 0 unspecified atom stereocenters. The number of ether oxygens (including phenoxy) is 1. The number of morpholine rings is 1. The lowest BCUT2D eigenvalue weighted by molar-refractivity contribution is -0.132. The van der Waals surface area contributed by atoms with Gasteiger partial charge in [0.1, 0.15) is 0 Å². The zero-order chi connectivity index (χ0) is 13.8. The molecule has 1 aromatic heterocycles. The lowest BCUT2D eigenvalue weighted by Gasteiger charge is -2.26. The van der Waals surface area contributed by atoms with Crippen LogP contribution in [0.25, 0.3) is 10.9 Å². The molecule has 1 aliphatic heterocycles. The third-order valence-corrected chi connectivity index (χ3v) is 4.19. The zero-order valence-electron chi connectivity index (χ0n) is 11.1. The number of hydrogen-bond donors (Lipinski definition) is 0. The monoisotopic (exact) mass is 288 g/mol. The highest BCUT2D eigenvalue weighted by atomic mass is 32.2. The normalized spacial score (nSPS) is 15.5. The average Bonchev–Trinajstić information content (AvgIpc) is 2.53. The predicted octanol–water partition coefficient (Wildman–Crippen LogP) is 2.19. The number of nitrogens with zero attached hydrogens (tertiary/aromatic N) is 2. The van der Waals surface area contributed by atoms with E-state index in [1.165, 1.54) is 11.8 Å². The molecule has 0 atom stereocenters. The van der Waals surface area contributed by atoms with Crippen molar-refractivity contribution in [2.75, 3.05) is 32.1 Å². The first-order valence-corrected chi connectivity index (χ1v) is 7.65. The second kappa shape index (κ2) is 6.24. The molecule has 0 aliphatic carbocycles. The summed E-state index contributed by atoms with van der Waals surface area (Å²) in [5.74, 6) is 0.596. The van der Waals surface area contributed by atoms with Crippen LogP contribution in [0.5, 0.6) is 0 Å². The number of fused-ring (bicyclic) bond motifs is 1. The van der Waals surface area contributed by atoms with Crippen LogP contribution in [0.15, 0.2) is 41.4 Å². The lowest BCUT2D eigenvalue weighted by atomic mass is 10.2. The Balaban J connectivity index is 1.62. The first kappa shape index (κ1) is 13.4. The molecule has 0 bridgehead atoms. The summed E-state index contributed by atoms with van der Waals surface area (Å²) >= 11 is 1.49. The minimum Gasteiger partial charge on any atom is -0.378 e. The fourth-order valence-corrected chi connectivity index (χ4v) is 2.95. The highest BCUT2D eigenvalue weighted by molar-refractivity contribution is 7.99. The number of para-hydroxylation sites is 1. The number of aromatic nitrogens is 1. The van der Waals surface area contributed by atoms with E-state index >= 15 is 0 Å². The Morgan fingerprint density at radius 1 is 1.20 bits per heavy atom. The molecule has 5 heteroatoms. The van der Waals surface area contributed by atoms with Crippen molar-refractivity contribution < 1.29 is 9.53 Å². The van der Waals surface area contributed by atoms with Gasteiger partial charge in [-0.25, -0.2) is 4.98 Å². The molecule has 0 spiro atoms. The molecule has 0 saturated carbocycles. The molecule has 20 heavy (non-hydrogen) atoms. The number of amides is 1. The van der Waals surface area contributed by atoms with Gasteiger partial charge in [-0.15, -0.1) is 0 Å². The predicted molar refractivity (Wildman–Crippen MR) is 79.9 cm³/mol. The SMILES string of the molecule is O=C(CSc1ccc2ccccc2n1)N1CCOCC1. The van der Waals surface area contributed by atoms with Crippen LogP contribution >= 0.6 is 11.8 Å². The maximum Gasteiger partial charge on any atom is 0.233 e. The van der Waals surface area contributed by atoms with Crippen LogP contribution in [0.2, 0.25) is 0 Å². The fourth-order valence-electron chi connectivity index (χ4n) is 2.17. The highest BCUT2D eigenvalue weighted by Gasteiger charge is 2.16. The van der Waals surface area contributed by atoms with Gasteiger partial charge >= 0.3 is 0 Å². The Morgan fingerprint density at radius 3 is 2.85 bits per heavy atom. The minimum absolute atomic E-state index is 0.160. The van der Waals surface area contributed by atoms with E-state index in [-0.39, 0.29) is 5.91 Å². The quantitative estimate of drug-likeness (QED) is 0.812. The molecule has 1 fully saturated rings. The third-order valence-electron chi connectivity index (χ3n) is 3.28. The molecular formula is C15H16N2O2S. The molecule has 1 saturated heterocycles. The second-order valence-corrected chi connectivity index (χ2v) is 5.62. The number of thioether (sulfide) groups is 1. The maximum absolute atomic E-state index is 12.1. The van der Waals surface area contributed by atoms with Crippen LogP contribution in [0.4, 0.5) is 0 Å². The van der Waals surface area contributed by atoms with E-state index in [2.05, 4.69) is 4.98 Å². The minimum atomic E-state index is 0.160. The standard InChI is InChI=1S/C15H16N2O2S/c18-15(17-7-9-19-10-8-17)11-20-14-6-5-12-3-1-2-4-13(12)16-14/h1-6H,7-11H2. The topological polar surface area (TPSA) is 42.4 Å². The fraction of sp³-hybridized carbons (Fsp3) is 0.333. The molecule has 0 N–H and O–H groups in total. The highest BCUT2D eigenvalue weighted by Crippen LogP contribution is 2.20. The van der Waals surface area contributed by atoms with E-state index in [0.29, 0.717) is 32.1 Å². The van der Waals surface area contributed by atoms with Crippen molar-refractivity contribution in [2.24, 2.45) is 0 Å². The molecular weight excluding hydrogens is 272 g/mol. The van der Waals surface area contributed by atoms with E-state index < -0.39 is 0 Å². The number of hydrogen-bond acceptors (Lipinski definition) is 4. The van der Waals surface area contributed by atoms with Crippen molar-refractivity contribution in [3.63, 3.8) is 0 Å². The van der Waals surface area contributed by atoms with Gasteiger partial charge in [0.05, 0.1) is 29.5 Å². The van der Waals surface area contributed by atoms with E-state index in [9.17, 15) is 4.79 Å². The van der Waals surface area contributed by atoms with Gasteiger partial charge in [-0.2, -0.15) is 0 Å². The van der Waals surface area contributed by atoms with E-state index in [4.69, 9.17) is 4.74 Å². The van der Waals surface area contributed by atoms with Gasteiger partial charge in [0.2, 0.25) is 5.91 Å². The average molecular weight is 288 g/mol. The largest absolute Gasteiger partial charge is 0.378 e. The van der Waals surface area contributed by atoms with Crippen LogP contribution in [0, 0.1) is 0 Å². The van der Waals surface area contributed by atoms with Crippen molar-refractivity contribution in [1.82, 2.24) is 9.88 Å². The maximum atomic E-state index is 12.1. The summed E-state index contributed by atoms with van der Waals surface area (Å²) in [6.07, 6.45) is 0. The Labute approximate surface area is 122 Å².